The van der Waals surface area contributed by atoms with Crippen LogP contribution in [0.4, 0.5) is 5.95 Å². The second-order valence-corrected chi connectivity index (χ2v) is 5.00. The number of carbonyl (C=O) groups excluding carboxylic acids is 1. The molecule has 2 aromatic rings. The Bertz CT molecular complexity index is 613. The molecule has 1 aromatic carbocycles. The van der Waals surface area contributed by atoms with Crippen molar-refractivity contribution in [2.75, 3.05) is 18.0 Å². The third kappa shape index (κ3) is 2.41. The van der Waals surface area contributed by atoms with Crippen LogP contribution in [0.1, 0.15) is 19.8 Å². The lowest BCUT2D eigenvalue weighted by Gasteiger charge is -2.31. The molecule has 0 bridgehead atoms. The van der Waals surface area contributed by atoms with Crippen LogP contribution in [0.2, 0.25) is 0 Å². The van der Waals surface area contributed by atoms with Crippen molar-refractivity contribution in [2.24, 2.45) is 5.92 Å². The fraction of sp³-hybridized carbons (Fsp3) is 0.429. The van der Waals surface area contributed by atoms with E-state index in [1.807, 2.05) is 24.3 Å². The molecule has 1 unspecified atom stereocenters. The molecular weight excluding hydrogens is 240 g/mol. The first-order valence-corrected chi connectivity index (χ1v) is 6.59. The number of ketones is 1. The molecule has 1 saturated heterocycles. The lowest BCUT2D eigenvalue weighted by Crippen LogP contribution is -2.39. The van der Waals surface area contributed by atoms with Crippen molar-refractivity contribution in [2.45, 2.75) is 19.8 Å². The van der Waals surface area contributed by atoms with E-state index in [-0.39, 0.29) is 11.7 Å². The molecule has 3 rings (SSSR count). The lowest BCUT2D eigenvalue weighted by atomic mass is 9.95. The van der Waals surface area contributed by atoms with Crippen LogP contribution in [0.5, 0.6) is 0 Å². The molecule has 2 heterocycles. The second kappa shape index (κ2) is 4.91. The van der Waals surface area contributed by atoms with E-state index in [0.29, 0.717) is 12.5 Å². The van der Waals surface area contributed by atoms with Gasteiger partial charge in [0.1, 0.15) is 11.3 Å². The van der Waals surface area contributed by atoms with Gasteiger partial charge in [-0.2, -0.15) is 0 Å². The summed E-state index contributed by atoms with van der Waals surface area (Å²) in [4.78, 5) is 18.1. The summed E-state index contributed by atoms with van der Waals surface area (Å²) in [5.74, 6) is 0.979. The molecule has 5 heteroatoms. The van der Waals surface area contributed by atoms with E-state index in [1.165, 1.54) is 0 Å². The van der Waals surface area contributed by atoms with Gasteiger partial charge in [0, 0.05) is 19.0 Å². The Labute approximate surface area is 111 Å². The largest absolute Gasteiger partial charge is 0.339 e. The van der Waals surface area contributed by atoms with Crippen molar-refractivity contribution < 1.29 is 4.79 Å². The van der Waals surface area contributed by atoms with Crippen LogP contribution < -0.4 is 4.90 Å². The average molecular weight is 256 g/mol. The number of carbonyl (C=O) groups is 1. The maximum absolute atomic E-state index is 11.5. The number of rotatable bonds is 2. The van der Waals surface area contributed by atoms with Gasteiger partial charge in [-0.05, 0) is 31.9 Å². The predicted molar refractivity (Wildman–Crippen MR) is 73.0 cm³/mol. The van der Waals surface area contributed by atoms with Gasteiger partial charge in [0.15, 0.2) is 0 Å². The van der Waals surface area contributed by atoms with Crippen molar-refractivity contribution in [3.63, 3.8) is 0 Å². The molecule has 0 spiro atoms. The summed E-state index contributed by atoms with van der Waals surface area (Å²) in [6, 6.07) is 7.69. The van der Waals surface area contributed by atoms with Gasteiger partial charge in [0.05, 0.1) is 5.52 Å². The number of benzene rings is 1. The van der Waals surface area contributed by atoms with E-state index in [0.717, 1.165) is 30.4 Å². The SMILES string of the molecule is CC(=O)C1CCCN(c2nnc3ccccc3n2)C1. The Hall–Kier alpha value is -2.04. The van der Waals surface area contributed by atoms with Crippen LogP contribution in [0.25, 0.3) is 11.0 Å². The Morgan fingerprint density at radius 1 is 1.26 bits per heavy atom. The van der Waals surface area contributed by atoms with E-state index >= 15 is 0 Å². The topological polar surface area (TPSA) is 59.0 Å². The molecular formula is C14H16N4O. The number of para-hydroxylation sites is 1. The summed E-state index contributed by atoms with van der Waals surface area (Å²) < 4.78 is 0. The molecule has 19 heavy (non-hydrogen) atoms. The smallest absolute Gasteiger partial charge is 0.245 e. The molecule has 1 aliphatic heterocycles. The quantitative estimate of drug-likeness (QED) is 0.820. The molecule has 5 nitrogen and oxygen atoms in total. The highest BCUT2D eigenvalue weighted by Crippen LogP contribution is 2.21. The number of anilines is 1. The number of piperidine rings is 1. The summed E-state index contributed by atoms with van der Waals surface area (Å²) in [7, 11) is 0. The van der Waals surface area contributed by atoms with Crippen LogP contribution in [-0.4, -0.2) is 34.1 Å². The first kappa shape index (κ1) is 12.0. The van der Waals surface area contributed by atoms with Crippen LogP contribution >= 0.6 is 0 Å². The third-order valence-electron chi connectivity index (χ3n) is 3.63. The van der Waals surface area contributed by atoms with Gasteiger partial charge >= 0.3 is 0 Å². The highest BCUT2D eigenvalue weighted by atomic mass is 16.1. The molecule has 0 saturated carbocycles. The average Bonchev–Trinajstić information content (AvgIpc) is 2.47. The van der Waals surface area contributed by atoms with E-state index in [2.05, 4.69) is 20.1 Å². The first-order valence-electron chi connectivity index (χ1n) is 6.59. The molecule has 1 aromatic heterocycles. The van der Waals surface area contributed by atoms with Crippen LogP contribution in [0.3, 0.4) is 0 Å². The minimum atomic E-state index is 0.101. The number of hydrogen-bond acceptors (Lipinski definition) is 5. The van der Waals surface area contributed by atoms with Gasteiger partial charge in [-0.15, -0.1) is 10.2 Å². The number of fused-ring (bicyclic) bond motifs is 1. The first-order chi connectivity index (χ1) is 9.24. The Balaban J connectivity index is 1.89. The summed E-state index contributed by atoms with van der Waals surface area (Å²) >= 11 is 0. The normalized spacial score (nSPS) is 19.6. The zero-order valence-corrected chi connectivity index (χ0v) is 10.9. The second-order valence-electron chi connectivity index (χ2n) is 5.00. The van der Waals surface area contributed by atoms with Crippen LogP contribution in [0, 0.1) is 5.92 Å². The molecule has 1 aliphatic rings. The van der Waals surface area contributed by atoms with E-state index < -0.39 is 0 Å². The minimum absolute atomic E-state index is 0.101. The van der Waals surface area contributed by atoms with Crippen LogP contribution in [0.15, 0.2) is 24.3 Å². The maximum atomic E-state index is 11.5. The van der Waals surface area contributed by atoms with E-state index in [9.17, 15) is 4.79 Å². The zero-order chi connectivity index (χ0) is 13.2. The van der Waals surface area contributed by atoms with Crippen LogP contribution in [-0.2, 0) is 4.79 Å². The summed E-state index contributed by atoms with van der Waals surface area (Å²) in [5, 5.41) is 8.37. The van der Waals surface area contributed by atoms with Crippen molar-refractivity contribution >= 4 is 22.8 Å². The lowest BCUT2D eigenvalue weighted by molar-refractivity contribution is -0.120. The molecule has 0 N–H and O–H groups in total. The van der Waals surface area contributed by atoms with Gasteiger partial charge in [-0.3, -0.25) is 4.79 Å². The molecule has 1 atom stereocenters. The molecule has 1 fully saturated rings. The predicted octanol–water partition coefficient (Wildman–Crippen LogP) is 1.83. The standard InChI is InChI=1S/C14H16N4O/c1-10(19)11-5-4-8-18(9-11)14-15-12-6-2-3-7-13(12)16-17-14/h2-3,6-7,11H,4-5,8-9H2,1H3. The molecule has 0 radical (unpaired) electrons. The fourth-order valence-corrected chi connectivity index (χ4v) is 2.50. The van der Waals surface area contributed by atoms with Crippen molar-refractivity contribution in [1.29, 1.82) is 0 Å². The molecule has 0 amide bonds. The molecule has 98 valence electrons. The summed E-state index contributed by atoms with van der Waals surface area (Å²) in [6.07, 6.45) is 1.97. The third-order valence-corrected chi connectivity index (χ3v) is 3.63. The van der Waals surface area contributed by atoms with Gasteiger partial charge in [-0.25, -0.2) is 4.98 Å². The zero-order valence-electron chi connectivity index (χ0n) is 10.9. The Kier molecular flexibility index (Phi) is 3.11. The van der Waals surface area contributed by atoms with Gasteiger partial charge in [0.25, 0.3) is 0 Å². The highest BCUT2D eigenvalue weighted by molar-refractivity contribution is 5.79. The monoisotopic (exact) mass is 256 g/mol. The fourth-order valence-electron chi connectivity index (χ4n) is 2.50. The van der Waals surface area contributed by atoms with Crippen molar-refractivity contribution in [3.05, 3.63) is 24.3 Å². The number of nitrogens with zero attached hydrogens (tertiary/aromatic N) is 4. The van der Waals surface area contributed by atoms with Gasteiger partial charge < -0.3 is 4.90 Å². The number of aromatic nitrogens is 3. The Morgan fingerprint density at radius 2 is 2.05 bits per heavy atom. The maximum Gasteiger partial charge on any atom is 0.245 e. The Morgan fingerprint density at radius 3 is 2.84 bits per heavy atom. The van der Waals surface area contributed by atoms with Crippen molar-refractivity contribution in [1.82, 2.24) is 15.2 Å². The summed E-state index contributed by atoms with van der Waals surface area (Å²) in [6.45, 7) is 3.26. The minimum Gasteiger partial charge on any atom is -0.339 e. The van der Waals surface area contributed by atoms with E-state index in [4.69, 9.17) is 0 Å². The highest BCUT2D eigenvalue weighted by Gasteiger charge is 2.24. The van der Waals surface area contributed by atoms with Gasteiger partial charge in [-0.1, -0.05) is 12.1 Å². The summed E-state index contributed by atoms with van der Waals surface area (Å²) in [5.41, 5.74) is 1.64. The molecule has 0 aliphatic carbocycles. The van der Waals surface area contributed by atoms with E-state index in [1.54, 1.807) is 6.92 Å². The van der Waals surface area contributed by atoms with Gasteiger partial charge in [0.2, 0.25) is 5.95 Å². The number of Topliss-reactive ketones (excluding diaryl/α,β-unsaturated/α-hetero) is 1. The number of hydrogen-bond donors (Lipinski definition) is 0. The van der Waals surface area contributed by atoms with Crippen molar-refractivity contribution in [3.8, 4) is 0 Å².